The van der Waals surface area contributed by atoms with Gasteiger partial charge in [-0.3, -0.25) is 4.79 Å². The van der Waals surface area contributed by atoms with Crippen molar-refractivity contribution in [1.82, 2.24) is 9.62 Å². The highest BCUT2D eigenvalue weighted by Gasteiger charge is 2.25. The van der Waals surface area contributed by atoms with Crippen LogP contribution in [0.15, 0.2) is 58.3 Å². The Morgan fingerprint density at radius 1 is 1.19 bits per heavy atom. The zero-order valence-electron chi connectivity index (χ0n) is 15.5. The van der Waals surface area contributed by atoms with E-state index in [0.29, 0.717) is 12.3 Å². The molecule has 0 atom stereocenters. The topological polar surface area (TPSA) is 66.5 Å². The van der Waals surface area contributed by atoms with Gasteiger partial charge in [-0.15, -0.1) is 11.8 Å². The number of thioether (sulfide) groups is 1. The van der Waals surface area contributed by atoms with Crippen molar-refractivity contribution in [2.24, 2.45) is 0 Å². The molecule has 0 aliphatic heterocycles. The monoisotopic (exact) mass is 426 g/mol. The van der Waals surface area contributed by atoms with Gasteiger partial charge in [0.1, 0.15) is 0 Å². The number of hydrogen-bond acceptors (Lipinski definition) is 4. The molecule has 0 spiro atoms. The molecule has 0 radical (unpaired) electrons. The molecular weight excluding hydrogens is 404 g/mol. The minimum Gasteiger partial charge on any atom is -0.351 e. The van der Waals surface area contributed by atoms with E-state index in [1.807, 2.05) is 30.3 Å². The lowest BCUT2D eigenvalue weighted by Gasteiger charge is -2.21. The van der Waals surface area contributed by atoms with Crippen molar-refractivity contribution in [3.8, 4) is 0 Å². The molecule has 0 heterocycles. The van der Waals surface area contributed by atoms with Crippen molar-refractivity contribution in [2.75, 3.05) is 19.3 Å². The summed E-state index contributed by atoms with van der Waals surface area (Å²) >= 11 is 7.74. The second-order valence-electron chi connectivity index (χ2n) is 6.17. The van der Waals surface area contributed by atoms with Crippen molar-refractivity contribution >= 4 is 39.3 Å². The van der Waals surface area contributed by atoms with Gasteiger partial charge in [-0.1, -0.05) is 29.8 Å². The second-order valence-corrected chi connectivity index (χ2v) is 9.75. The first-order valence-electron chi connectivity index (χ1n) is 8.47. The maximum absolute atomic E-state index is 12.6. The van der Waals surface area contributed by atoms with E-state index in [2.05, 4.69) is 5.32 Å². The van der Waals surface area contributed by atoms with Gasteiger partial charge < -0.3 is 5.32 Å². The van der Waals surface area contributed by atoms with Gasteiger partial charge in [0, 0.05) is 30.3 Å². The Bertz CT molecular complexity index is 887. The third-order valence-corrected chi connectivity index (χ3v) is 7.36. The highest BCUT2D eigenvalue weighted by atomic mass is 35.5. The van der Waals surface area contributed by atoms with E-state index in [0.717, 1.165) is 4.90 Å². The first kappa shape index (κ1) is 21.8. The summed E-state index contributed by atoms with van der Waals surface area (Å²) in [7, 11) is -2.17. The number of amides is 1. The number of carbonyl (C=O) groups is 1. The van der Waals surface area contributed by atoms with Gasteiger partial charge in [0.05, 0.1) is 15.5 Å². The molecule has 2 aromatic rings. The van der Waals surface area contributed by atoms with Gasteiger partial charge >= 0.3 is 0 Å². The SMILES string of the molecule is CC(C)N(C)S(=O)(=O)c1ccc(Cl)c(C(=O)NCCSc2ccccc2)c1. The average Bonchev–Trinajstić information content (AvgIpc) is 2.65. The summed E-state index contributed by atoms with van der Waals surface area (Å²) in [6.45, 7) is 4.01. The Morgan fingerprint density at radius 3 is 2.48 bits per heavy atom. The molecule has 0 saturated carbocycles. The van der Waals surface area contributed by atoms with Crippen LogP contribution in [0.1, 0.15) is 24.2 Å². The van der Waals surface area contributed by atoms with Crippen LogP contribution in [0.3, 0.4) is 0 Å². The molecule has 27 heavy (non-hydrogen) atoms. The first-order valence-corrected chi connectivity index (χ1v) is 11.3. The third-order valence-electron chi connectivity index (χ3n) is 3.99. The molecule has 146 valence electrons. The van der Waals surface area contributed by atoms with Crippen LogP contribution in [0.2, 0.25) is 5.02 Å². The van der Waals surface area contributed by atoms with Gasteiger partial charge in [0.2, 0.25) is 10.0 Å². The van der Waals surface area contributed by atoms with Gasteiger partial charge in [0.15, 0.2) is 0 Å². The standard InChI is InChI=1S/C19H23ClN2O3S2/c1-14(2)22(3)27(24,25)16-9-10-18(20)17(13-16)19(23)21-11-12-26-15-7-5-4-6-8-15/h4-10,13-14H,11-12H2,1-3H3,(H,21,23). The average molecular weight is 427 g/mol. The van der Waals surface area contributed by atoms with Crippen molar-refractivity contribution in [3.63, 3.8) is 0 Å². The number of halogens is 1. The van der Waals surface area contributed by atoms with E-state index < -0.39 is 15.9 Å². The fourth-order valence-electron chi connectivity index (χ4n) is 2.23. The molecule has 2 aromatic carbocycles. The van der Waals surface area contributed by atoms with E-state index in [9.17, 15) is 13.2 Å². The molecule has 0 unspecified atom stereocenters. The van der Waals surface area contributed by atoms with Crippen LogP contribution < -0.4 is 5.32 Å². The quantitative estimate of drug-likeness (QED) is 0.513. The number of benzene rings is 2. The lowest BCUT2D eigenvalue weighted by molar-refractivity contribution is 0.0956. The molecule has 0 aromatic heterocycles. The molecule has 5 nitrogen and oxygen atoms in total. The number of hydrogen-bond donors (Lipinski definition) is 1. The Kier molecular flexibility index (Phi) is 7.73. The molecule has 8 heteroatoms. The van der Waals surface area contributed by atoms with Crippen LogP contribution in [0.25, 0.3) is 0 Å². The van der Waals surface area contributed by atoms with Crippen LogP contribution in [0, 0.1) is 0 Å². The normalized spacial score (nSPS) is 11.8. The zero-order valence-corrected chi connectivity index (χ0v) is 17.9. The Hall–Kier alpha value is -1.54. The summed E-state index contributed by atoms with van der Waals surface area (Å²) in [6, 6.07) is 13.9. The molecule has 0 bridgehead atoms. The summed E-state index contributed by atoms with van der Waals surface area (Å²) in [5, 5.41) is 3.01. The second kappa shape index (κ2) is 9.59. The molecule has 0 aliphatic carbocycles. The summed E-state index contributed by atoms with van der Waals surface area (Å²) in [5.74, 6) is 0.305. The number of rotatable bonds is 8. The first-order chi connectivity index (χ1) is 12.7. The zero-order chi connectivity index (χ0) is 20.0. The summed E-state index contributed by atoms with van der Waals surface area (Å²) < 4.78 is 26.5. The lowest BCUT2D eigenvalue weighted by atomic mass is 10.2. The van der Waals surface area contributed by atoms with Crippen LogP contribution in [-0.4, -0.2) is 44.0 Å². The number of carbonyl (C=O) groups excluding carboxylic acids is 1. The molecule has 0 aliphatic rings. The third kappa shape index (κ3) is 5.72. The molecule has 0 fully saturated rings. The van der Waals surface area contributed by atoms with Crippen molar-refractivity contribution in [2.45, 2.75) is 29.7 Å². The minimum atomic E-state index is -3.68. The lowest BCUT2D eigenvalue weighted by Crippen LogP contribution is -2.33. The minimum absolute atomic E-state index is 0.0481. The van der Waals surface area contributed by atoms with Gasteiger partial charge in [0.25, 0.3) is 5.91 Å². The predicted octanol–water partition coefficient (Wildman–Crippen LogP) is 3.89. The molecule has 1 N–H and O–H groups in total. The highest BCUT2D eigenvalue weighted by molar-refractivity contribution is 7.99. The Balaban J connectivity index is 2.05. The maximum atomic E-state index is 12.6. The largest absolute Gasteiger partial charge is 0.351 e. The van der Waals surface area contributed by atoms with Crippen molar-refractivity contribution in [3.05, 3.63) is 59.1 Å². The van der Waals surface area contributed by atoms with Crippen LogP contribution in [0.4, 0.5) is 0 Å². The number of nitrogens with one attached hydrogen (secondary N) is 1. The van der Waals surface area contributed by atoms with Crippen LogP contribution >= 0.6 is 23.4 Å². The molecule has 1 amide bonds. The Morgan fingerprint density at radius 2 is 1.85 bits per heavy atom. The molecule has 2 rings (SSSR count). The molecular formula is C19H23ClN2O3S2. The number of sulfonamides is 1. The van der Waals surface area contributed by atoms with Crippen molar-refractivity contribution in [1.29, 1.82) is 0 Å². The fraction of sp³-hybridized carbons (Fsp3) is 0.316. The summed E-state index contributed by atoms with van der Waals surface area (Å²) in [4.78, 5) is 13.6. The fourth-order valence-corrected chi connectivity index (χ4v) is 4.62. The van der Waals surface area contributed by atoms with E-state index >= 15 is 0 Å². The van der Waals surface area contributed by atoms with E-state index in [1.165, 1.54) is 29.6 Å². The van der Waals surface area contributed by atoms with Gasteiger partial charge in [-0.25, -0.2) is 8.42 Å². The van der Waals surface area contributed by atoms with E-state index in [1.54, 1.807) is 25.6 Å². The summed E-state index contributed by atoms with van der Waals surface area (Å²) in [6.07, 6.45) is 0. The van der Waals surface area contributed by atoms with Gasteiger partial charge in [-0.2, -0.15) is 4.31 Å². The smallest absolute Gasteiger partial charge is 0.252 e. The highest BCUT2D eigenvalue weighted by Crippen LogP contribution is 2.23. The Labute approximate surface area is 170 Å². The van der Waals surface area contributed by atoms with Gasteiger partial charge in [-0.05, 0) is 44.2 Å². The molecule has 0 saturated heterocycles. The van der Waals surface area contributed by atoms with Crippen molar-refractivity contribution < 1.29 is 13.2 Å². The van der Waals surface area contributed by atoms with Crippen LogP contribution in [0.5, 0.6) is 0 Å². The number of nitrogens with zero attached hydrogens (tertiary/aromatic N) is 1. The van der Waals surface area contributed by atoms with Crippen LogP contribution in [-0.2, 0) is 10.0 Å². The summed E-state index contributed by atoms with van der Waals surface area (Å²) in [5.41, 5.74) is 0.152. The maximum Gasteiger partial charge on any atom is 0.252 e. The van der Waals surface area contributed by atoms with E-state index in [4.69, 9.17) is 11.6 Å². The van der Waals surface area contributed by atoms with E-state index in [-0.39, 0.29) is 21.5 Å². The predicted molar refractivity (Wildman–Crippen MR) is 111 cm³/mol.